The van der Waals surface area contributed by atoms with Crippen LogP contribution in [0.15, 0.2) is 16.5 Å². The molecule has 1 aromatic heterocycles. The van der Waals surface area contributed by atoms with Gasteiger partial charge in [0.1, 0.15) is 5.76 Å². The molecule has 0 unspecified atom stereocenters. The SMILES string of the molecule is COc1ccc(C(=O)CCN(C)C)c2c(C)c(C)oc12. The van der Waals surface area contributed by atoms with Crippen LogP contribution >= 0.6 is 0 Å². The van der Waals surface area contributed by atoms with E-state index in [-0.39, 0.29) is 5.78 Å². The fourth-order valence-corrected chi connectivity index (χ4v) is 2.30. The highest BCUT2D eigenvalue weighted by atomic mass is 16.5. The molecule has 0 aliphatic heterocycles. The Morgan fingerprint density at radius 2 is 2.00 bits per heavy atom. The standard InChI is InChI=1S/C16H21NO3/c1-10-11(2)20-16-14(19-5)7-6-12(15(10)16)13(18)8-9-17(3)4/h6-7H,8-9H2,1-5H3. The third-order valence-corrected chi connectivity index (χ3v) is 3.59. The summed E-state index contributed by atoms with van der Waals surface area (Å²) in [4.78, 5) is 14.4. The monoisotopic (exact) mass is 275 g/mol. The molecule has 2 rings (SSSR count). The second-order valence-electron chi connectivity index (χ2n) is 5.28. The van der Waals surface area contributed by atoms with Crippen molar-refractivity contribution in [1.82, 2.24) is 4.90 Å². The minimum Gasteiger partial charge on any atom is -0.493 e. The molecule has 0 bridgehead atoms. The molecule has 0 N–H and O–H groups in total. The van der Waals surface area contributed by atoms with Crippen molar-refractivity contribution in [2.75, 3.05) is 27.7 Å². The van der Waals surface area contributed by atoms with Gasteiger partial charge in [0.2, 0.25) is 0 Å². The van der Waals surface area contributed by atoms with E-state index in [1.165, 1.54) is 0 Å². The molecule has 1 aromatic carbocycles. The highest BCUT2D eigenvalue weighted by Gasteiger charge is 2.19. The lowest BCUT2D eigenvalue weighted by molar-refractivity contribution is 0.0974. The van der Waals surface area contributed by atoms with E-state index >= 15 is 0 Å². The number of fused-ring (bicyclic) bond motifs is 1. The third-order valence-electron chi connectivity index (χ3n) is 3.59. The van der Waals surface area contributed by atoms with Crippen molar-refractivity contribution in [2.45, 2.75) is 20.3 Å². The number of carbonyl (C=O) groups excluding carboxylic acids is 1. The van der Waals surface area contributed by atoms with Crippen molar-refractivity contribution in [3.63, 3.8) is 0 Å². The lowest BCUT2D eigenvalue weighted by atomic mass is 10.00. The van der Waals surface area contributed by atoms with Crippen molar-refractivity contribution in [2.24, 2.45) is 0 Å². The van der Waals surface area contributed by atoms with Gasteiger partial charge in [0, 0.05) is 23.9 Å². The van der Waals surface area contributed by atoms with E-state index in [4.69, 9.17) is 9.15 Å². The van der Waals surface area contributed by atoms with Gasteiger partial charge in [-0.05, 0) is 45.6 Å². The number of Topliss-reactive ketones (excluding diaryl/α,β-unsaturated/α-hetero) is 1. The minimum absolute atomic E-state index is 0.134. The first kappa shape index (κ1) is 14.6. The van der Waals surface area contributed by atoms with Crippen molar-refractivity contribution >= 4 is 16.8 Å². The van der Waals surface area contributed by atoms with Crippen molar-refractivity contribution in [1.29, 1.82) is 0 Å². The number of methoxy groups -OCH3 is 1. The summed E-state index contributed by atoms with van der Waals surface area (Å²) in [7, 11) is 5.53. The van der Waals surface area contributed by atoms with Crippen LogP contribution in [0.3, 0.4) is 0 Å². The largest absolute Gasteiger partial charge is 0.493 e. The summed E-state index contributed by atoms with van der Waals surface area (Å²) in [6.45, 7) is 4.62. The van der Waals surface area contributed by atoms with E-state index in [1.54, 1.807) is 13.2 Å². The average molecular weight is 275 g/mol. The Hall–Kier alpha value is -1.81. The number of hydrogen-bond acceptors (Lipinski definition) is 4. The zero-order chi connectivity index (χ0) is 14.9. The van der Waals surface area contributed by atoms with Crippen LogP contribution in [0.25, 0.3) is 11.0 Å². The number of hydrogen-bond donors (Lipinski definition) is 0. The van der Waals surface area contributed by atoms with Crippen LogP contribution in [0.1, 0.15) is 28.1 Å². The van der Waals surface area contributed by atoms with Gasteiger partial charge in [-0.3, -0.25) is 4.79 Å². The van der Waals surface area contributed by atoms with E-state index in [1.807, 2.05) is 38.9 Å². The van der Waals surface area contributed by atoms with Crippen molar-refractivity contribution in [3.05, 3.63) is 29.0 Å². The van der Waals surface area contributed by atoms with Gasteiger partial charge in [0.05, 0.1) is 7.11 Å². The lowest BCUT2D eigenvalue weighted by Gasteiger charge is -2.10. The van der Waals surface area contributed by atoms with Gasteiger partial charge in [-0.15, -0.1) is 0 Å². The number of ether oxygens (including phenoxy) is 1. The number of benzene rings is 1. The number of ketones is 1. The Kier molecular flexibility index (Phi) is 4.14. The summed E-state index contributed by atoms with van der Waals surface area (Å²) < 4.78 is 11.1. The van der Waals surface area contributed by atoms with Gasteiger partial charge in [0.25, 0.3) is 0 Å². The first-order valence-corrected chi connectivity index (χ1v) is 6.70. The van der Waals surface area contributed by atoms with Crippen LogP contribution in [-0.2, 0) is 0 Å². The Bertz CT molecular complexity index is 641. The Labute approximate surface area is 119 Å². The molecule has 0 spiro atoms. The van der Waals surface area contributed by atoms with Crippen LogP contribution in [0, 0.1) is 13.8 Å². The first-order chi connectivity index (χ1) is 9.45. The zero-order valence-electron chi connectivity index (χ0n) is 12.7. The molecule has 0 saturated carbocycles. The minimum atomic E-state index is 0.134. The molecule has 4 nitrogen and oxygen atoms in total. The average Bonchev–Trinajstić information content (AvgIpc) is 2.71. The quantitative estimate of drug-likeness (QED) is 0.786. The molecule has 0 aliphatic carbocycles. The molecule has 1 heterocycles. The number of nitrogens with zero attached hydrogens (tertiary/aromatic N) is 1. The maximum Gasteiger partial charge on any atom is 0.177 e. The van der Waals surface area contributed by atoms with E-state index < -0.39 is 0 Å². The van der Waals surface area contributed by atoms with Crippen molar-refractivity contribution in [3.8, 4) is 5.75 Å². The smallest absolute Gasteiger partial charge is 0.177 e. The molecule has 0 aliphatic rings. The van der Waals surface area contributed by atoms with E-state index in [9.17, 15) is 4.79 Å². The van der Waals surface area contributed by atoms with Gasteiger partial charge in [0.15, 0.2) is 17.1 Å². The van der Waals surface area contributed by atoms with Gasteiger partial charge < -0.3 is 14.1 Å². The molecule has 4 heteroatoms. The van der Waals surface area contributed by atoms with E-state index in [0.717, 1.165) is 28.8 Å². The Balaban J connectivity index is 2.51. The summed E-state index contributed by atoms with van der Waals surface area (Å²) in [5.74, 6) is 1.63. The normalized spacial score (nSPS) is 11.3. The maximum atomic E-state index is 12.4. The van der Waals surface area contributed by atoms with Gasteiger partial charge in [-0.2, -0.15) is 0 Å². The maximum absolute atomic E-state index is 12.4. The van der Waals surface area contributed by atoms with Gasteiger partial charge in [-0.1, -0.05) is 0 Å². The highest BCUT2D eigenvalue weighted by Crippen LogP contribution is 2.35. The second kappa shape index (κ2) is 5.67. The first-order valence-electron chi connectivity index (χ1n) is 6.70. The number of carbonyl (C=O) groups is 1. The van der Waals surface area contributed by atoms with E-state index in [2.05, 4.69) is 0 Å². The molecule has 0 atom stereocenters. The predicted octanol–water partition coefficient (Wildman–Crippen LogP) is 3.19. The van der Waals surface area contributed by atoms with Crippen LogP contribution in [-0.4, -0.2) is 38.4 Å². The molecule has 108 valence electrons. The number of aryl methyl sites for hydroxylation is 2. The molecule has 20 heavy (non-hydrogen) atoms. The fourth-order valence-electron chi connectivity index (χ4n) is 2.30. The molecule has 0 fully saturated rings. The van der Waals surface area contributed by atoms with Crippen LogP contribution in [0.4, 0.5) is 0 Å². The summed E-state index contributed by atoms with van der Waals surface area (Å²) >= 11 is 0. The third kappa shape index (κ3) is 2.56. The molecule has 0 radical (unpaired) electrons. The Morgan fingerprint density at radius 1 is 1.30 bits per heavy atom. The van der Waals surface area contributed by atoms with Crippen LogP contribution in [0.5, 0.6) is 5.75 Å². The topological polar surface area (TPSA) is 42.7 Å². The summed E-state index contributed by atoms with van der Waals surface area (Å²) in [6, 6.07) is 3.63. The number of furan rings is 1. The fraction of sp³-hybridized carbons (Fsp3) is 0.438. The molecular weight excluding hydrogens is 254 g/mol. The van der Waals surface area contributed by atoms with Crippen molar-refractivity contribution < 1.29 is 13.9 Å². The Morgan fingerprint density at radius 3 is 2.60 bits per heavy atom. The van der Waals surface area contributed by atoms with Crippen LogP contribution in [0.2, 0.25) is 0 Å². The summed E-state index contributed by atoms with van der Waals surface area (Å²) in [6.07, 6.45) is 0.498. The lowest BCUT2D eigenvalue weighted by Crippen LogP contribution is -2.16. The summed E-state index contributed by atoms with van der Waals surface area (Å²) in [5.41, 5.74) is 2.39. The predicted molar refractivity (Wildman–Crippen MR) is 79.7 cm³/mol. The number of rotatable bonds is 5. The molecular formula is C16H21NO3. The summed E-state index contributed by atoms with van der Waals surface area (Å²) in [5, 5.41) is 0.880. The highest BCUT2D eigenvalue weighted by molar-refractivity contribution is 6.09. The molecule has 0 saturated heterocycles. The molecule has 0 amide bonds. The zero-order valence-corrected chi connectivity index (χ0v) is 12.7. The second-order valence-corrected chi connectivity index (χ2v) is 5.28. The van der Waals surface area contributed by atoms with Gasteiger partial charge >= 0.3 is 0 Å². The van der Waals surface area contributed by atoms with Gasteiger partial charge in [-0.25, -0.2) is 0 Å². The van der Waals surface area contributed by atoms with Crippen LogP contribution < -0.4 is 4.74 Å². The molecule has 2 aromatic rings. The van der Waals surface area contributed by atoms with E-state index in [0.29, 0.717) is 17.8 Å².